The predicted molar refractivity (Wildman–Crippen MR) is 82.7 cm³/mol. The van der Waals surface area contributed by atoms with Gasteiger partial charge in [-0.3, -0.25) is 14.5 Å². The molecule has 0 fully saturated rings. The van der Waals surface area contributed by atoms with Gasteiger partial charge in [-0.1, -0.05) is 0 Å². The molecule has 2 aromatic rings. The van der Waals surface area contributed by atoms with Crippen LogP contribution in [0, 0.1) is 0 Å². The van der Waals surface area contributed by atoms with E-state index >= 15 is 0 Å². The summed E-state index contributed by atoms with van der Waals surface area (Å²) in [6.45, 7) is 1.43. The number of pyridine rings is 1. The van der Waals surface area contributed by atoms with Gasteiger partial charge in [-0.15, -0.1) is 0 Å². The first kappa shape index (κ1) is 15.7. The third-order valence-electron chi connectivity index (χ3n) is 3.02. The van der Waals surface area contributed by atoms with E-state index in [4.69, 9.17) is 4.74 Å². The zero-order valence-electron chi connectivity index (χ0n) is 12.2. The summed E-state index contributed by atoms with van der Waals surface area (Å²) in [5, 5.41) is 4.26. The summed E-state index contributed by atoms with van der Waals surface area (Å²) in [5.41, 5.74) is 0.987. The molecule has 7 heteroatoms. The van der Waals surface area contributed by atoms with Gasteiger partial charge in [0.25, 0.3) is 0 Å². The monoisotopic (exact) mass is 352 g/mol. The molecule has 6 nitrogen and oxygen atoms in total. The van der Waals surface area contributed by atoms with Gasteiger partial charge in [0.15, 0.2) is 0 Å². The van der Waals surface area contributed by atoms with E-state index in [1.54, 1.807) is 23.1 Å². The van der Waals surface area contributed by atoms with Crippen molar-refractivity contribution in [3.8, 4) is 5.75 Å². The fraction of sp³-hybridized carbons (Fsp3) is 0.357. The van der Waals surface area contributed by atoms with E-state index in [2.05, 4.69) is 26.0 Å². The number of ketones is 1. The highest BCUT2D eigenvalue weighted by molar-refractivity contribution is 9.10. The Morgan fingerprint density at radius 2 is 2.19 bits per heavy atom. The molecule has 0 saturated carbocycles. The van der Waals surface area contributed by atoms with E-state index in [-0.39, 0.29) is 5.78 Å². The molecule has 0 aliphatic rings. The lowest BCUT2D eigenvalue weighted by Gasteiger charge is -2.12. The van der Waals surface area contributed by atoms with Crippen LogP contribution in [-0.2, 0) is 6.54 Å². The number of rotatable bonds is 6. The molecule has 0 amide bonds. The first-order valence-electron chi connectivity index (χ1n) is 6.43. The van der Waals surface area contributed by atoms with Crippen molar-refractivity contribution in [1.29, 1.82) is 0 Å². The second-order valence-corrected chi connectivity index (χ2v) is 5.63. The van der Waals surface area contributed by atoms with Crippen LogP contribution in [0.3, 0.4) is 0 Å². The average Bonchev–Trinajstić information content (AvgIpc) is 2.85. The number of aromatic nitrogens is 3. The van der Waals surface area contributed by atoms with E-state index in [0.29, 0.717) is 28.0 Å². The van der Waals surface area contributed by atoms with Gasteiger partial charge in [-0.2, -0.15) is 5.10 Å². The van der Waals surface area contributed by atoms with E-state index in [9.17, 15) is 4.79 Å². The van der Waals surface area contributed by atoms with Crippen LogP contribution in [0.15, 0.2) is 29.1 Å². The fourth-order valence-electron chi connectivity index (χ4n) is 1.91. The molecule has 2 rings (SSSR count). The second kappa shape index (κ2) is 6.82. The zero-order chi connectivity index (χ0) is 15.4. The molecule has 2 heterocycles. The van der Waals surface area contributed by atoms with E-state index in [0.717, 1.165) is 6.54 Å². The standard InChI is InChI=1S/C14H17BrN4O2/c1-18(2)6-7-19-13(11(15)8-17-19)14(20)10-4-5-16-9-12(10)21-3/h4-5,8-9H,6-7H2,1-3H3. The molecule has 0 spiro atoms. The smallest absolute Gasteiger partial charge is 0.216 e. The maximum absolute atomic E-state index is 12.8. The molecule has 0 unspecified atom stereocenters. The van der Waals surface area contributed by atoms with Gasteiger partial charge in [0, 0.05) is 12.7 Å². The van der Waals surface area contributed by atoms with Crippen molar-refractivity contribution in [2.45, 2.75) is 6.54 Å². The highest BCUT2D eigenvalue weighted by Crippen LogP contribution is 2.24. The average molecular weight is 353 g/mol. The highest BCUT2D eigenvalue weighted by Gasteiger charge is 2.21. The minimum atomic E-state index is -0.141. The van der Waals surface area contributed by atoms with E-state index in [1.165, 1.54) is 13.3 Å². The predicted octanol–water partition coefficient (Wildman–Crippen LogP) is 1.84. The Hall–Kier alpha value is -1.73. The van der Waals surface area contributed by atoms with Crippen LogP contribution >= 0.6 is 15.9 Å². The first-order chi connectivity index (χ1) is 10.0. The summed E-state index contributed by atoms with van der Waals surface area (Å²) < 4.78 is 7.58. The third-order valence-corrected chi connectivity index (χ3v) is 3.60. The molecule has 0 radical (unpaired) electrons. The Labute approximate surface area is 131 Å². The zero-order valence-corrected chi connectivity index (χ0v) is 13.8. The quantitative estimate of drug-likeness (QED) is 0.742. The Balaban J connectivity index is 2.37. The van der Waals surface area contributed by atoms with Crippen molar-refractivity contribution in [2.75, 3.05) is 27.7 Å². The number of hydrogen-bond acceptors (Lipinski definition) is 5. The van der Waals surface area contributed by atoms with Crippen LogP contribution in [0.2, 0.25) is 0 Å². The van der Waals surface area contributed by atoms with Gasteiger partial charge in [-0.05, 0) is 36.1 Å². The summed E-state index contributed by atoms with van der Waals surface area (Å²) in [7, 11) is 5.48. The lowest BCUT2D eigenvalue weighted by Crippen LogP contribution is -2.22. The van der Waals surface area contributed by atoms with E-state index in [1.807, 2.05) is 19.0 Å². The normalized spacial score (nSPS) is 10.9. The van der Waals surface area contributed by atoms with Gasteiger partial charge in [-0.25, -0.2) is 0 Å². The molecule has 112 valence electrons. The maximum atomic E-state index is 12.8. The summed E-state index contributed by atoms with van der Waals surface area (Å²) in [4.78, 5) is 18.8. The highest BCUT2D eigenvalue weighted by atomic mass is 79.9. The SMILES string of the molecule is COc1cnccc1C(=O)c1c(Br)cnn1CCN(C)C. The number of likely N-dealkylation sites (N-methyl/N-ethyl adjacent to an activating group) is 1. The Kier molecular flexibility index (Phi) is 5.08. The molecule has 0 aromatic carbocycles. The largest absolute Gasteiger partial charge is 0.494 e. The number of ether oxygens (including phenoxy) is 1. The molecular formula is C14H17BrN4O2. The van der Waals surface area contributed by atoms with Crippen LogP contribution in [0.5, 0.6) is 5.75 Å². The maximum Gasteiger partial charge on any atom is 0.216 e. The number of methoxy groups -OCH3 is 1. The second-order valence-electron chi connectivity index (χ2n) is 4.77. The minimum Gasteiger partial charge on any atom is -0.494 e. The van der Waals surface area contributed by atoms with Crippen molar-refractivity contribution in [3.63, 3.8) is 0 Å². The molecule has 0 aliphatic heterocycles. The Morgan fingerprint density at radius 1 is 1.43 bits per heavy atom. The van der Waals surface area contributed by atoms with Crippen molar-refractivity contribution < 1.29 is 9.53 Å². The number of hydrogen-bond donors (Lipinski definition) is 0. The molecule has 21 heavy (non-hydrogen) atoms. The van der Waals surface area contributed by atoms with Gasteiger partial charge in [0.1, 0.15) is 11.4 Å². The summed E-state index contributed by atoms with van der Waals surface area (Å²) >= 11 is 3.39. The molecular weight excluding hydrogens is 336 g/mol. The first-order valence-corrected chi connectivity index (χ1v) is 7.22. The van der Waals surface area contributed by atoms with Crippen LogP contribution in [0.25, 0.3) is 0 Å². The Bertz CT molecular complexity index is 640. The molecule has 2 aromatic heterocycles. The molecule has 0 bridgehead atoms. The fourth-order valence-corrected chi connectivity index (χ4v) is 2.39. The number of nitrogens with zero attached hydrogens (tertiary/aromatic N) is 4. The third kappa shape index (κ3) is 3.48. The van der Waals surface area contributed by atoms with Crippen molar-refractivity contribution in [1.82, 2.24) is 19.7 Å². The molecule has 0 saturated heterocycles. The van der Waals surface area contributed by atoms with Gasteiger partial charge in [0.05, 0.1) is 36.1 Å². The van der Waals surface area contributed by atoms with Gasteiger partial charge in [0.2, 0.25) is 5.78 Å². The van der Waals surface area contributed by atoms with Crippen LogP contribution in [0.4, 0.5) is 0 Å². The van der Waals surface area contributed by atoms with Gasteiger partial charge < -0.3 is 9.64 Å². The summed E-state index contributed by atoms with van der Waals surface area (Å²) in [6, 6.07) is 1.65. The van der Waals surface area contributed by atoms with Crippen LogP contribution in [-0.4, -0.2) is 53.2 Å². The van der Waals surface area contributed by atoms with Crippen LogP contribution in [0.1, 0.15) is 16.1 Å². The molecule has 0 atom stereocenters. The van der Waals surface area contributed by atoms with Crippen molar-refractivity contribution in [3.05, 3.63) is 40.4 Å². The minimum absolute atomic E-state index is 0.141. The molecule has 0 N–H and O–H groups in total. The van der Waals surface area contributed by atoms with Crippen molar-refractivity contribution >= 4 is 21.7 Å². The van der Waals surface area contributed by atoms with Gasteiger partial charge >= 0.3 is 0 Å². The van der Waals surface area contributed by atoms with Crippen LogP contribution < -0.4 is 4.74 Å². The number of halogens is 1. The van der Waals surface area contributed by atoms with Crippen molar-refractivity contribution in [2.24, 2.45) is 0 Å². The number of carbonyl (C=O) groups excluding carboxylic acids is 1. The lowest BCUT2D eigenvalue weighted by molar-refractivity contribution is 0.102. The number of carbonyl (C=O) groups is 1. The van der Waals surface area contributed by atoms with E-state index < -0.39 is 0 Å². The summed E-state index contributed by atoms with van der Waals surface area (Å²) in [5.74, 6) is 0.312. The molecule has 0 aliphatic carbocycles. The lowest BCUT2D eigenvalue weighted by atomic mass is 10.1. The topological polar surface area (TPSA) is 60.2 Å². The summed E-state index contributed by atoms with van der Waals surface area (Å²) in [6.07, 6.45) is 4.74. The Morgan fingerprint density at radius 3 is 2.86 bits per heavy atom.